The molecule has 118 valence electrons. The van der Waals surface area contributed by atoms with Crippen LogP contribution in [0, 0.1) is 0 Å². The molecule has 0 radical (unpaired) electrons. The maximum absolute atomic E-state index is 12.1. The predicted molar refractivity (Wildman–Crippen MR) is 77.5 cm³/mol. The Kier molecular flexibility index (Phi) is 5.98. The summed E-state index contributed by atoms with van der Waals surface area (Å²) in [5.41, 5.74) is 0. The SMILES string of the molecule is COCCOc1ccc(S(=O)(=O)NOC2CCCC2)cc1. The van der Waals surface area contributed by atoms with Crippen LogP contribution in [0.15, 0.2) is 29.2 Å². The molecule has 1 aliphatic carbocycles. The van der Waals surface area contributed by atoms with E-state index < -0.39 is 10.0 Å². The number of nitrogens with one attached hydrogen (secondary N) is 1. The zero-order chi connectivity index (χ0) is 15.1. The van der Waals surface area contributed by atoms with Gasteiger partial charge in [0.25, 0.3) is 10.0 Å². The first kappa shape index (κ1) is 16.2. The smallest absolute Gasteiger partial charge is 0.262 e. The third kappa shape index (κ3) is 4.96. The van der Waals surface area contributed by atoms with Crippen LogP contribution in [-0.4, -0.2) is 34.8 Å². The quantitative estimate of drug-likeness (QED) is 0.585. The van der Waals surface area contributed by atoms with Gasteiger partial charge in [-0.15, -0.1) is 0 Å². The number of rotatable bonds is 8. The van der Waals surface area contributed by atoms with Gasteiger partial charge >= 0.3 is 0 Å². The van der Waals surface area contributed by atoms with Crippen LogP contribution in [0.4, 0.5) is 0 Å². The molecule has 21 heavy (non-hydrogen) atoms. The fourth-order valence-electron chi connectivity index (χ4n) is 2.14. The molecular formula is C14H21NO5S. The van der Waals surface area contributed by atoms with E-state index in [-0.39, 0.29) is 11.0 Å². The highest BCUT2D eigenvalue weighted by molar-refractivity contribution is 7.89. The molecule has 0 aliphatic heterocycles. The molecule has 1 N–H and O–H groups in total. The van der Waals surface area contributed by atoms with Gasteiger partial charge in [-0.2, -0.15) is 0 Å². The summed E-state index contributed by atoms with van der Waals surface area (Å²) < 4.78 is 34.4. The number of sulfonamides is 1. The average molecular weight is 315 g/mol. The lowest BCUT2D eigenvalue weighted by molar-refractivity contribution is 0.0223. The first-order valence-electron chi connectivity index (χ1n) is 7.01. The molecule has 2 rings (SSSR count). The van der Waals surface area contributed by atoms with E-state index in [4.69, 9.17) is 14.3 Å². The molecule has 0 unspecified atom stereocenters. The van der Waals surface area contributed by atoms with E-state index in [0.29, 0.717) is 19.0 Å². The van der Waals surface area contributed by atoms with Crippen LogP contribution in [0.25, 0.3) is 0 Å². The molecule has 1 fully saturated rings. The minimum Gasteiger partial charge on any atom is -0.491 e. The molecule has 0 saturated heterocycles. The van der Waals surface area contributed by atoms with Crippen molar-refractivity contribution in [3.05, 3.63) is 24.3 Å². The second kappa shape index (κ2) is 7.74. The number of hydrogen-bond donors (Lipinski definition) is 1. The van der Waals surface area contributed by atoms with Crippen LogP contribution in [0.3, 0.4) is 0 Å². The summed E-state index contributed by atoms with van der Waals surface area (Å²) in [5.74, 6) is 0.600. The second-order valence-corrected chi connectivity index (χ2v) is 6.57. The predicted octanol–water partition coefficient (Wildman–Crippen LogP) is 1.86. The molecule has 7 heteroatoms. The van der Waals surface area contributed by atoms with Crippen molar-refractivity contribution >= 4 is 10.0 Å². The zero-order valence-corrected chi connectivity index (χ0v) is 12.9. The Morgan fingerprint density at radius 2 is 1.81 bits per heavy atom. The van der Waals surface area contributed by atoms with E-state index in [9.17, 15) is 8.42 Å². The highest BCUT2D eigenvalue weighted by Crippen LogP contribution is 2.21. The van der Waals surface area contributed by atoms with E-state index in [1.165, 1.54) is 12.1 Å². The Hall–Kier alpha value is -1.15. The Labute approximate surface area is 125 Å². The van der Waals surface area contributed by atoms with Gasteiger partial charge in [-0.05, 0) is 37.1 Å². The number of ether oxygens (including phenoxy) is 2. The summed E-state index contributed by atoms with van der Waals surface area (Å²) >= 11 is 0. The van der Waals surface area contributed by atoms with E-state index in [1.807, 2.05) is 0 Å². The first-order valence-corrected chi connectivity index (χ1v) is 8.49. The number of benzene rings is 1. The lowest BCUT2D eigenvalue weighted by Gasteiger charge is -2.12. The standard InChI is InChI=1S/C14H21NO5S/c1-18-10-11-19-12-6-8-14(9-7-12)21(16,17)15-20-13-4-2-3-5-13/h6-9,13,15H,2-5,10-11H2,1H3. The van der Waals surface area contributed by atoms with Crippen molar-refractivity contribution in [2.75, 3.05) is 20.3 Å². The molecule has 0 spiro atoms. The minimum absolute atomic E-state index is 0.0172. The highest BCUT2D eigenvalue weighted by Gasteiger charge is 2.20. The fourth-order valence-corrected chi connectivity index (χ4v) is 3.00. The molecule has 0 heterocycles. The highest BCUT2D eigenvalue weighted by atomic mass is 32.2. The van der Waals surface area contributed by atoms with Crippen LogP contribution < -0.4 is 9.62 Å². The van der Waals surface area contributed by atoms with Gasteiger partial charge in [0.1, 0.15) is 12.4 Å². The molecule has 1 saturated carbocycles. The van der Waals surface area contributed by atoms with Crippen LogP contribution in [-0.2, 0) is 19.6 Å². The molecule has 6 nitrogen and oxygen atoms in total. The van der Waals surface area contributed by atoms with E-state index in [1.54, 1.807) is 19.2 Å². The van der Waals surface area contributed by atoms with E-state index >= 15 is 0 Å². The molecule has 1 aliphatic rings. The topological polar surface area (TPSA) is 73.9 Å². The largest absolute Gasteiger partial charge is 0.491 e. The van der Waals surface area contributed by atoms with Crippen LogP contribution in [0.2, 0.25) is 0 Å². The Morgan fingerprint density at radius 3 is 2.43 bits per heavy atom. The van der Waals surface area contributed by atoms with Crippen LogP contribution in [0.5, 0.6) is 5.75 Å². The van der Waals surface area contributed by atoms with Crippen molar-refractivity contribution in [2.24, 2.45) is 0 Å². The van der Waals surface area contributed by atoms with Gasteiger partial charge in [0.15, 0.2) is 0 Å². The average Bonchev–Trinajstić information content (AvgIpc) is 3.00. The number of hydrogen-bond acceptors (Lipinski definition) is 5. The lowest BCUT2D eigenvalue weighted by Crippen LogP contribution is -2.28. The van der Waals surface area contributed by atoms with Crippen molar-refractivity contribution in [3.8, 4) is 5.75 Å². The van der Waals surface area contributed by atoms with Crippen LogP contribution >= 0.6 is 0 Å². The van der Waals surface area contributed by atoms with Crippen LogP contribution in [0.1, 0.15) is 25.7 Å². The second-order valence-electron chi connectivity index (χ2n) is 4.92. The molecule has 1 aromatic carbocycles. The molecular weight excluding hydrogens is 294 g/mol. The van der Waals surface area contributed by atoms with Gasteiger partial charge in [0.05, 0.1) is 17.6 Å². The third-order valence-corrected chi connectivity index (χ3v) is 4.53. The molecule has 0 bridgehead atoms. The monoisotopic (exact) mass is 315 g/mol. The third-order valence-electron chi connectivity index (χ3n) is 3.32. The summed E-state index contributed by atoms with van der Waals surface area (Å²) in [6, 6.07) is 6.20. The van der Waals surface area contributed by atoms with E-state index in [2.05, 4.69) is 4.89 Å². The Morgan fingerprint density at radius 1 is 1.14 bits per heavy atom. The summed E-state index contributed by atoms with van der Waals surface area (Å²) in [7, 11) is -2.05. The summed E-state index contributed by atoms with van der Waals surface area (Å²) in [4.78, 5) is 7.60. The summed E-state index contributed by atoms with van der Waals surface area (Å²) in [5, 5.41) is 0. The first-order chi connectivity index (χ1) is 10.1. The van der Waals surface area contributed by atoms with Gasteiger partial charge < -0.3 is 9.47 Å². The summed E-state index contributed by atoms with van der Waals surface area (Å²) in [6.07, 6.45) is 3.94. The summed E-state index contributed by atoms with van der Waals surface area (Å²) in [6.45, 7) is 0.905. The van der Waals surface area contributed by atoms with E-state index in [0.717, 1.165) is 25.7 Å². The zero-order valence-electron chi connectivity index (χ0n) is 12.1. The van der Waals surface area contributed by atoms with Gasteiger partial charge in [-0.25, -0.2) is 8.42 Å². The fraction of sp³-hybridized carbons (Fsp3) is 0.571. The van der Waals surface area contributed by atoms with Gasteiger partial charge in [0.2, 0.25) is 0 Å². The van der Waals surface area contributed by atoms with Crippen molar-refractivity contribution in [2.45, 2.75) is 36.7 Å². The Bertz CT molecular complexity index is 523. The normalized spacial score (nSPS) is 16.2. The van der Waals surface area contributed by atoms with Gasteiger partial charge in [0, 0.05) is 7.11 Å². The van der Waals surface area contributed by atoms with Crippen molar-refractivity contribution in [1.29, 1.82) is 0 Å². The maximum Gasteiger partial charge on any atom is 0.262 e. The molecule has 0 aromatic heterocycles. The van der Waals surface area contributed by atoms with Crippen molar-refractivity contribution in [1.82, 2.24) is 4.89 Å². The van der Waals surface area contributed by atoms with Gasteiger partial charge in [-0.1, -0.05) is 17.7 Å². The number of methoxy groups -OCH3 is 1. The molecule has 0 atom stereocenters. The molecule has 0 amide bonds. The van der Waals surface area contributed by atoms with Crippen molar-refractivity contribution in [3.63, 3.8) is 0 Å². The minimum atomic E-state index is -3.64. The Balaban J connectivity index is 1.89. The maximum atomic E-state index is 12.1. The lowest BCUT2D eigenvalue weighted by atomic mass is 10.3. The molecule has 1 aromatic rings. The van der Waals surface area contributed by atoms with Crippen molar-refractivity contribution < 1.29 is 22.7 Å². The van der Waals surface area contributed by atoms with Gasteiger partial charge in [-0.3, -0.25) is 4.84 Å².